The zero-order valence-electron chi connectivity index (χ0n) is 14.5. The Kier molecular flexibility index (Phi) is 12.3. The first kappa shape index (κ1) is 21.9. The van der Waals surface area contributed by atoms with E-state index in [-0.39, 0.29) is 29.5 Å². The van der Waals surface area contributed by atoms with Crippen LogP contribution in [0.4, 0.5) is 0 Å². The molecule has 1 aliphatic rings. The second kappa shape index (κ2) is 12.3. The molecule has 0 saturated carbocycles. The first-order chi connectivity index (χ1) is 10.1. The van der Waals surface area contributed by atoms with Gasteiger partial charge in [-0.05, 0) is 27.2 Å². The highest BCUT2D eigenvalue weighted by Gasteiger charge is 2.28. The summed E-state index contributed by atoms with van der Waals surface area (Å²) in [5.41, 5.74) is 0.0900. The monoisotopic (exact) mass is 428 g/mol. The van der Waals surface area contributed by atoms with Crippen LogP contribution < -0.4 is 10.6 Å². The molecule has 0 bridgehead atoms. The Morgan fingerprint density at radius 2 is 1.95 bits per heavy atom. The highest BCUT2D eigenvalue weighted by Crippen LogP contribution is 2.14. The number of aliphatic imine (C=N–C) groups is 1. The summed E-state index contributed by atoms with van der Waals surface area (Å²) in [6.45, 7) is 13.5. The van der Waals surface area contributed by atoms with Crippen molar-refractivity contribution in [2.45, 2.75) is 32.7 Å². The van der Waals surface area contributed by atoms with Crippen LogP contribution in [0.2, 0.25) is 0 Å². The predicted octanol–water partition coefficient (Wildman–Crippen LogP) is 1.31. The second-order valence-electron chi connectivity index (χ2n) is 5.81. The van der Waals surface area contributed by atoms with E-state index in [2.05, 4.69) is 34.4 Å². The van der Waals surface area contributed by atoms with Gasteiger partial charge in [-0.1, -0.05) is 0 Å². The fraction of sp³-hybridized carbons (Fsp3) is 0.933. The van der Waals surface area contributed by atoms with Gasteiger partial charge in [0.2, 0.25) is 0 Å². The Morgan fingerprint density at radius 1 is 1.27 bits per heavy atom. The fourth-order valence-corrected chi connectivity index (χ4v) is 2.33. The largest absolute Gasteiger partial charge is 0.382 e. The van der Waals surface area contributed by atoms with Crippen LogP contribution in [0.25, 0.3) is 0 Å². The van der Waals surface area contributed by atoms with Crippen LogP contribution >= 0.6 is 24.0 Å². The van der Waals surface area contributed by atoms with Crippen molar-refractivity contribution in [1.82, 2.24) is 15.5 Å². The van der Waals surface area contributed by atoms with E-state index in [9.17, 15) is 0 Å². The van der Waals surface area contributed by atoms with Gasteiger partial charge in [0.05, 0.1) is 13.2 Å². The third-order valence-electron chi connectivity index (χ3n) is 3.74. The fourth-order valence-electron chi connectivity index (χ4n) is 2.33. The molecule has 0 unspecified atom stereocenters. The molecule has 22 heavy (non-hydrogen) atoms. The quantitative estimate of drug-likeness (QED) is 0.264. The number of hydrogen-bond donors (Lipinski definition) is 2. The summed E-state index contributed by atoms with van der Waals surface area (Å²) >= 11 is 0. The van der Waals surface area contributed by atoms with Crippen LogP contribution in [0.1, 0.15) is 27.2 Å². The molecule has 6 nitrogen and oxygen atoms in total. The van der Waals surface area contributed by atoms with Gasteiger partial charge in [-0.3, -0.25) is 9.89 Å². The van der Waals surface area contributed by atoms with Crippen LogP contribution in [0.5, 0.6) is 0 Å². The number of hydrogen-bond acceptors (Lipinski definition) is 4. The molecule has 7 heteroatoms. The number of morpholine rings is 1. The van der Waals surface area contributed by atoms with Gasteiger partial charge in [-0.25, -0.2) is 0 Å². The maximum atomic E-state index is 5.42. The Morgan fingerprint density at radius 3 is 2.55 bits per heavy atom. The van der Waals surface area contributed by atoms with E-state index in [0.29, 0.717) is 0 Å². The van der Waals surface area contributed by atoms with Gasteiger partial charge in [0.25, 0.3) is 0 Å². The minimum atomic E-state index is 0. The summed E-state index contributed by atoms with van der Waals surface area (Å²) in [5, 5.41) is 6.73. The van der Waals surface area contributed by atoms with Crippen molar-refractivity contribution < 1.29 is 9.47 Å². The molecule has 0 atom stereocenters. The lowest BCUT2D eigenvalue weighted by Gasteiger charge is -2.41. The molecule has 1 fully saturated rings. The van der Waals surface area contributed by atoms with Crippen molar-refractivity contribution in [2.75, 3.05) is 59.7 Å². The summed E-state index contributed by atoms with van der Waals surface area (Å²) in [6.07, 6.45) is 0.987. The van der Waals surface area contributed by atoms with E-state index in [4.69, 9.17) is 9.47 Å². The number of nitrogens with zero attached hydrogens (tertiary/aromatic N) is 2. The molecular weight excluding hydrogens is 395 g/mol. The van der Waals surface area contributed by atoms with Crippen molar-refractivity contribution in [2.24, 2.45) is 4.99 Å². The maximum Gasteiger partial charge on any atom is 0.191 e. The van der Waals surface area contributed by atoms with Gasteiger partial charge in [-0.15, -0.1) is 24.0 Å². The van der Waals surface area contributed by atoms with E-state index in [1.807, 2.05) is 6.92 Å². The third kappa shape index (κ3) is 8.50. The Labute approximate surface area is 152 Å². The molecule has 0 aromatic rings. The SMILES string of the molecule is CCOCCCNC(=NC)NCC(C)(C)N1CCOCC1.I. The normalized spacial score (nSPS) is 17.0. The van der Waals surface area contributed by atoms with Gasteiger partial charge in [0, 0.05) is 52.0 Å². The summed E-state index contributed by atoms with van der Waals surface area (Å²) in [6, 6.07) is 0. The van der Waals surface area contributed by atoms with E-state index in [1.54, 1.807) is 7.05 Å². The molecule has 2 N–H and O–H groups in total. The molecule has 0 aromatic heterocycles. The van der Waals surface area contributed by atoms with E-state index in [1.165, 1.54) is 0 Å². The highest BCUT2D eigenvalue weighted by atomic mass is 127. The van der Waals surface area contributed by atoms with Crippen LogP contribution in [-0.2, 0) is 9.47 Å². The van der Waals surface area contributed by atoms with Gasteiger partial charge < -0.3 is 20.1 Å². The van der Waals surface area contributed by atoms with Gasteiger partial charge in [0.1, 0.15) is 0 Å². The summed E-state index contributed by atoms with van der Waals surface area (Å²) in [7, 11) is 1.81. The lowest BCUT2D eigenvalue weighted by molar-refractivity contribution is -0.00834. The lowest BCUT2D eigenvalue weighted by Crippen LogP contribution is -2.56. The van der Waals surface area contributed by atoms with Gasteiger partial charge in [0.15, 0.2) is 5.96 Å². The van der Waals surface area contributed by atoms with E-state index < -0.39 is 0 Å². The van der Waals surface area contributed by atoms with Gasteiger partial charge in [-0.2, -0.15) is 0 Å². The Hall–Kier alpha value is -0.120. The number of nitrogens with one attached hydrogen (secondary N) is 2. The first-order valence-electron chi connectivity index (χ1n) is 7.95. The van der Waals surface area contributed by atoms with Crippen molar-refractivity contribution in [3.63, 3.8) is 0 Å². The van der Waals surface area contributed by atoms with Crippen LogP contribution in [0.15, 0.2) is 4.99 Å². The number of guanidine groups is 1. The van der Waals surface area contributed by atoms with Crippen molar-refractivity contribution >= 4 is 29.9 Å². The lowest BCUT2D eigenvalue weighted by atomic mass is 10.0. The van der Waals surface area contributed by atoms with Crippen LogP contribution in [0.3, 0.4) is 0 Å². The van der Waals surface area contributed by atoms with Crippen molar-refractivity contribution in [1.29, 1.82) is 0 Å². The molecule has 0 amide bonds. The molecule has 0 spiro atoms. The highest BCUT2D eigenvalue weighted by molar-refractivity contribution is 14.0. The average molecular weight is 428 g/mol. The molecular formula is C15H33IN4O2. The Balaban J connectivity index is 0.00000441. The molecule has 1 aliphatic heterocycles. The summed E-state index contributed by atoms with van der Waals surface area (Å²) in [4.78, 5) is 6.73. The summed E-state index contributed by atoms with van der Waals surface area (Å²) < 4.78 is 10.7. The molecule has 0 aromatic carbocycles. The van der Waals surface area contributed by atoms with Crippen LogP contribution in [0, 0.1) is 0 Å². The number of halogens is 1. The molecule has 1 heterocycles. The zero-order chi connectivity index (χ0) is 15.6. The molecule has 0 radical (unpaired) electrons. The average Bonchev–Trinajstić information content (AvgIpc) is 2.51. The minimum Gasteiger partial charge on any atom is -0.382 e. The van der Waals surface area contributed by atoms with Crippen molar-refractivity contribution in [3.8, 4) is 0 Å². The molecule has 132 valence electrons. The van der Waals surface area contributed by atoms with E-state index >= 15 is 0 Å². The smallest absolute Gasteiger partial charge is 0.191 e. The minimum absolute atomic E-state index is 0. The number of rotatable bonds is 8. The Bertz CT molecular complexity index is 308. The first-order valence-corrected chi connectivity index (χ1v) is 7.95. The topological polar surface area (TPSA) is 58.1 Å². The van der Waals surface area contributed by atoms with Crippen LogP contribution in [-0.4, -0.2) is 76.1 Å². The van der Waals surface area contributed by atoms with E-state index in [0.717, 1.165) is 65.0 Å². The molecule has 1 rings (SSSR count). The third-order valence-corrected chi connectivity index (χ3v) is 3.74. The summed E-state index contributed by atoms with van der Waals surface area (Å²) in [5.74, 6) is 0.854. The second-order valence-corrected chi connectivity index (χ2v) is 5.81. The molecule has 1 saturated heterocycles. The zero-order valence-corrected chi connectivity index (χ0v) is 16.8. The molecule has 0 aliphatic carbocycles. The maximum absolute atomic E-state index is 5.42. The number of ether oxygens (including phenoxy) is 2. The van der Waals surface area contributed by atoms with Crippen molar-refractivity contribution in [3.05, 3.63) is 0 Å². The van der Waals surface area contributed by atoms with Gasteiger partial charge >= 0.3 is 0 Å². The predicted molar refractivity (Wildman–Crippen MR) is 102 cm³/mol. The standard InChI is InChI=1S/C15H32N4O2.HI/c1-5-20-10-6-7-17-14(16-4)18-13-15(2,3)19-8-11-21-12-9-19;/h5-13H2,1-4H3,(H2,16,17,18);1H.